The van der Waals surface area contributed by atoms with Crippen molar-refractivity contribution >= 4 is 22.6 Å². The largest absolute Gasteiger partial charge is 0.457 e. The Kier molecular flexibility index (Phi) is 8.36. The molecular formula is C33H28N2O4. The lowest BCUT2D eigenvalue weighted by molar-refractivity contribution is -0.121. The zero-order valence-corrected chi connectivity index (χ0v) is 21.3. The third-order valence-corrected chi connectivity index (χ3v) is 6.26. The lowest BCUT2D eigenvalue weighted by atomic mass is 10.0. The minimum Gasteiger partial charge on any atom is -0.457 e. The van der Waals surface area contributed by atoms with Crippen molar-refractivity contribution in [3.8, 4) is 11.5 Å². The number of aromatic nitrogens is 1. The van der Waals surface area contributed by atoms with Gasteiger partial charge < -0.3 is 14.8 Å². The van der Waals surface area contributed by atoms with Crippen LogP contribution in [0.4, 0.5) is 0 Å². The zero-order chi connectivity index (χ0) is 26.9. The summed E-state index contributed by atoms with van der Waals surface area (Å²) in [6.07, 6.45) is 1.74. The summed E-state index contributed by atoms with van der Waals surface area (Å²) in [4.78, 5) is 31.1. The van der Waals surface area contributed by atoms with Crippen LogP contribution >= 0.6 is 0 Å². The van der Waals surface area contributed by atoms with Gasteiger partial charge in [0.05, 0.1) is 24.3 Å². The number of nitrogens with zero attached hydrogens (tertiary/aromatic N) is 1. The Morgan fingerprint density at radius 3 is 2.15 bits per heavy atom. The van der Waals surface area contributed by atoms with Crippen LogP contribution in [-0.2, 0) is 22.6 Å². The first-order valence-corrected chi connectivity index (χ1v) is 12.8. The molecule has 6 nitrogen and oxygen atoms in total. The van der Waals surface area contributed by atoms with Crippen molar-refractivity contribution in [3.05, 3.63) is 138 Å². The van der Waals surface area contributed by atoms with Crippen molar-refractivity contribution in [2.75, 3.05) is 6.61 Å². The quantitative estimate of drug-likeness (QED) is 0.228. The molecule has 1 atom stereocenters. The standard InChI is InChI=1S/C33H28N2O4/c36-32(21-24-15-17-27(18-16-24)39-26-11-5-2-6-12-26)31(23-38-22-25-9-3-1-4-10-25)35-33(37)29-19-20-34-30-14-8-7-13-28(29)30/h1-20,31H,21-23H2,(H,35,37). The summed E-state index contributed by atoms with van der Waals surface area (Å²) in [5.74, 6) is 0.926. The number of fused-ring (bicyclic) bond motifs is 1. The molecule has 1 amide bonds. The van der Waals surface area contributed by atoms with Crippen molar-refractivity contribution in [1.29, 1.82) is 0 Å². The molecule has 0 aliphatic heterocycles. The highest BCUT2D eigenvalue weighted by atomic mass is 16.5. The minimum atomic E-state index is -0.826. The van der Waals surface area contributed by atoms with Crippen LogP contribution in [0.15, 0.2) is 121 Å². The van der Waals surface area contributed by atoms with E-state index in [1.54, 1.807) is 12.3 Å². The molecule has 0 radical (unpaired) electrons. The number of benzene rings is 4. The van der Waals surface area contributed by atoms with Gasteiger partial charge in [-0.25, -0.2) is 0 Å². The van der Waals surface area contributed by atoms with Crippen LogP contribution in [0.25, 0.3) is 10.9 Å². The molecule has 0 aliphatic rings. The number of rotatable bonds is 11. The fourth-order valence-corrected chi connectivity index (χ4v) is 4.24. The number of hydrogen-bond donors (Lipinski definition) is 1. The van der Waals surface area contributed by atoms with Crippen molar-refractivity contribution in [3.63, 3.8) is 0 Å². The Balaban J connectivity index is 1.29. The summed E-state index contributed by atoms with van der Waals surface area (Å²) < 4.78 is 11.7. The van der Waals surface area contributed by atoms with Crippen LogP contribution in [0.3, 0.4) is 0 Å². The Morgan fingerprint density at radius 1 is 0.718 bits per heavy atom. The molecule has 0 bridgehead atoms. The average molecular weight is 517 g/mol. The molecule has 5 rings (SSSR count). The van der Waals surface area contributed by atoms with Gasteiger partial charge >= 0.3 is 0 Å². The van der Waals surface area contributed by atoms with Crippen molar-refractivity contribution in [2.24, 2.45) is 0 Å². The molecule has 0 saturated heterocycles. The molecular weight excluding hydrogens is 488 g/mol. The van der Waals surface area contributed by atoms with Gasteiger partial charge in [0.25, 0.3) is 5.91 Å². The second kappa shape index (κ2) is 12.6. The molecule has 5 aromatic rings. The highest BCUT2D eigenvalue weighted by molar-refractivity contribution is 6.07. The second-order valence-electron chi connectivity index (χ2n) is 9.10. The molecule has 0 spiro atoms. The molecule has 4 aromatic carbocycles. The molecule has 0 saturated carbocycles. The summed E-state index contributed by atoms with van der Waals surface area (Å²) in [6.45, 7) is 0.391. The minimum absolute atomic E-state index is 0.0533. The SMILES string of the molecule is O=C(NC(COCc1ccccc1)C(=O)Cc1ccc(Oc2ccccc2)cc1)c1ccnc2ccccc12. The molecule has 0 fully saturated rings. The van der Waals surface area contributed by atoms with Crippen LogP contribution in [-0.4, -0.2) is 29.3 Å². The predicted octanol–water partition coefficient (Wildman–Crippen LogP) is 6.15. The normalized spacial score (nSPS) is 11.6. The van der Waals surface area contributed by atoms with Crippen LogP contribution in [0.2, 0.25) is 0 Å². The fourth-order valence-electron chi connectivity index (χ4n) is 4.24. The monoisotopic (exact) mass is 516 g/mol. The van der Waals surface area contributed by atoms with Gasteiger partial charge in [0.15, 0.2) is 5.78 Å². The maximum Gasteiger partial charge on any atom is 0.252 e. The van der Waals surface area contributed by atoms with E-state index < -0.39 is 6.04 Å². The summed E-state index contributed by atoms with van der Waals surface area (Å²) >= 11 is 0. The van der Waals surface area contributed by atoms with E-state index in [1.165, 1.54) is 0 Å². The van der Waals surface area contributed by atoms with Gasteiger partial charge in [-0.2, -0.15) is 0 Å². The van der Waals surface area contributed by atoms with E-state index in [1.807, 2.05) is 109 Å². The Hall–Kier alpha value is -4.81. The summed E-state index contributed by atoms with van der Waals surface area (Å²) in [5.41, 5.74) is 2.98. The predicted molar refractivity (Wildman–Crippen MR) is 151 cm³/mol. The van der Waals surface area contributed by atoms with E-state index >= 15 is 0 Å². The first kappa shape index (κ1) is 25.8. The van der Waals surface area contributed by atoms with Crippen LogP contribution in [0.1, 0.15) is 21.5 Å². The number of amides is 1. The molecule has 1 unspecified atom stereocenters. The van der Waals surface area contributed by atoms with E-state index in [9.17, 15) is 9.59 Å². The second-order valence-corrected chi connectivity index (χ2v) is 9.10. The van der Waals surface area contributed by atoms with Gasteiger partial charge in [0.1, 0.15) is 17.5 Å². The van der Waals surface area contributed by atoms with Crippen molar-refractivity contribution < 1.29 is 19.1 Å². The zero-order valence-electron chi connectivity index (χ0n) is 21.3. The lowest BCUT2D eigenvalue weighted by Crippen LogP contribution is -2.44. The summed E-state index contributed by atoms with van der Waals surface area (Å²) in [5, 5.41) is 3.63. The van der Waals surface area contributed by atoms with E-state index in [4.69, 9.17) is 9.47 Å². The molecule has 6 heteroatoms. The number of nitrogens with one attached hydrogen (secondary N) is 1. The third kappa shape index (κ3) is 6.94. The van der Waals surface area contributed by atoms with E-state index in [0.717, 1.165) is 22.3 Å². The Labute approximate surface area is 227 Å². The Morgan fingerprint density at radius 2 is 1.38 bits per heavy atom. The number of carbonyl (C=O) groups excluding carboxylic acids is 2. The summed E-state index contributed by atoms with van der Waals surface area (Å²) in [7, 11) is 0. The van der Waals surface area contributed by atoms with Crippen LogP contribution < -0.4 is 10.1 Å². The van der Waals surface area contributed by atoms with E-state index in [2.05, 4.69) is 10.3 Å². The van der Waals surface area contributed by atoms with Crippen LogP contribution in [0.5, 0.6) is 11.5 Å². The topological polar surface area (TPSA) is 77.5 Å². The number of hydrogen-bond acceptors (Lipinski definition) is 5. The van der Waals surface area contributed by atoms with Gasteiger partial charge in [-0.05, 0) is 47.5 Å². The van der Waals surface area contributed by atoms with Gasteiger partial charge in [0.2, 0.25) is 0 Å². The average Bonchev–Trinajstić information content (AvgIpc) is 2.98. The molecule has 1 N–H and O–H groups in total. The molecule has 39 heavy (non-hydrogen) atoms. The number of carbonyl (C=O) groups is 2. The molecule has 1 heterocycles. The van der Waals surface area contributed by atoms with Gasteiger partial charge in [-0.15, -0.1) is 0 Å². The van der Waals surface area contributed by atoms with Gasteiger partial charge in [-0.1, -0.05) is 78.9 Å². The first-order chi connectivity index (χ1) is 19.2. The molecule has 1 aromatic heterocycles. The first-order valence-electron chi connectivity index (χ1n) is 12.8. The molecule has 0 aliphatic carbocycles. The van der Waals surface area contributed by atoms with Crippen molar-refractivity contribution in [1.82, 2.24) is 10.3 Å². The van der Waals surface area contributed by atoms with Crippen LogP contribution in [0, 0.1) is 0 Å². The Bertz CT molecular complexity index is 1530. The number of para-hydroxylation sites is 2. The molecule has 194 valence electrons. The maximum atomic E-state index is 13.4. The van der Waals surface area contributed by atoms with Crippen molar-refractivity contribution in [2.45, 2.75) is 19.1 Å². The highest BCUT2D eigenvalue weighted by Crippen LogP contribution is 2.22. The van der Waals surface area contributed by atoms with Gasteiger partial charge in [0, 0.05) is 18.0 Å². The number of ether oxygens (including phenoxy) is 2. The number of ketones is 1. The van der Waals surface area contributed by atoms with E-state index in [0.29, 0.717) is 23.4 Å². The maximum absolute atomic E-state index is 13.4. The fraction of sp³-hybridized carbons (Fsp3) is 0.121. The smallest absolute Gasteiger partial charge is 0.252 e. The third-order valence-electron chi connectivity index (χ3n) is 6.26. The number of Topliss-reactive ketones (excluding diaryl/α,β-unsaturated/α-hetero) is 1. The van der Waals surface area contributed by atoms with Gasteiger partial charge in [-0.3, -0.25) is 14.6 Å². The summed E-state index contributed by atoms with van der Waals surface area (Å²) in [6, 6.07) is 34.9. The highest BCUT2D eigenvalue weighted by Gasteiger charge is 2.23. The van der Waals surface area contributed by atoms with E-state index in [-0.39, 0.29) is 24.7 Å². The lowest BCUT2D eigenvalue weighted by Gasteiger charge is -2.19. The number of pyridine rings is 1.